The summed E-state index contributed by atoms with van der Waals surface area (Å²) in [6.07, 6.45) is 7.27. The monoisotopic (exact) mass is 270 g/mol. The number of nitrogens with zero attached hydrogens (tertiary/aromatic N) is 2. The van der Waals surface area contributed by atoms with Crippen molar-refractivity contribution in [2.75, 3.05) is 0 Å². The number of aryl methyl sites for hydroxylation is 1. The van der Waals surface area contributed by atoms with Gasteiger partial charge in [-0.2, -0.15) is 0 Å². The summed E-state index contributed by atoms with van der Waals surface area (Å²) >= 11 is 0. The maximum atomic E-state index is 12.4. The van der Waals surface area contributed by atoms with Gasteiger partial charge in [-0.1, -0.05) is 0 Å². The van der Waals surface area contributed by atoms with Crippen molar-refractivity contribution >= 4 is 11.6 Å². The summed E-state index contributed by atoms with van der Waals surface area (Å²) in [6.45, 7) is 1.95. The second kappa shape index (κ2) is 4.31. The Morgan fingerprint density at radius 1 is 1.40 bits per heavy atom. The normalized spacial score (nSPS) is 28.1. The first-order valence-corrected chi connectivity index (χ1v) is 7.21. The van der Waals surface area contributed by atoms with E-state index < -0.39 is 0 Å². The molecule has 0 radical (unpaired) electrons. The van der Waals surface area contributed by atoms with Crippen molar-refractivity contribution in [1.82, 2.24) is 20.0 Å². The maximum Gasteiger partial charge on any atom is 0.253 e. The topological polar surface area (TPSA) is 58.4 Å². The predicted octanol–water partition coefficient (Wildman–Crippen LogP) is 1.27. The van der Waals surface area contributed by atoms with Gasteiger partial charge in [0.2, 0.25) is 0 Å². The van der Waals surface area contributed by atoms with Crippen LogP contribution in [0.4, 0.5) is 0 Å². The van der Waals surface area contributed by atoms with Gasteiger partial charge < -0.3 is 15.0 Å². The number of hydrogen-bond donors (Lipinski definition) is 2. The van der Waals surface area contributed by atoms with Crippen LogP contribution < -0.4 is 10.6 Å². The summed E-state index contributed by atoms with van der Waals surface area (Å²) < 4.78 is 1.91. The molecule has 2 saturated heterocycles. The van der Waals surface area contributed by atoms with Crippen molar-refractivity contribution in [3.05, 3.63) is 35.8 Å². The van der Waals surface area contributed by atoms with E-state index in [-0.39, 0.29) is 11.9 Å². The number of rotatable bonds is 2. The third kappa shape index (κ3) is 1.89. The number of carbonyl (C=O) groups is 1. The van der Waals surface area contributed by atoms with E-state index in [0.717, 1.165) is 17.8 Å². The Balaban J connectivity index is 1.54. The molecule has 3 unspecified atom stereocenters. The molecule has 20 heavy (non-hydrogen) atoms. The van der Waals surface area contributed by atoms with E-state index in [4.69, 9.17) is 0 Å². The summed E-state index contributed by atoms with van der Waals surface area (Å²) in [5, 5.41) is 6.70. The molecule has 0 aliphatic carbocycles. The number of carbonyl (C=O) groups excluding carboxylic acids is 1. The van der Waals surface area contributed by atoms with Gasteiger partial charge in [0.05, 0.1) is 11.3 Å². The average Bonchev–Trinajstić information content (AvgIpc) is 3.10. The first-order chi connectivity index (χ1) is 9.69. The minimum Gasteiger partial charge on any atom is -0.348 e. The lowest BCUT2D eigenvalue weighted by Crippen LogP contribution is -2.42. The number of aromatic nitrogens is 2. The predicted molar refractivity (Wildman–Crippen MR) is 75.7 cm³/mol. The number of amides is 1. The SMILES string of the molecule is Cc1cn2cc(C(=O)NC3CC4CCC3N4)ccc2n1. The molecule has 4 heterocycles. The van der Waals surface area contributed by atoms with Crippen LogP contribution in [0.2, 0.25) is 0 Å². The second-order valence-electron chi connectivity index (χ2n) is 5.93. The third-order valence-electron chi connectivity index (χ3n) is 4.45. The van der Waals surface area contributed by atoms with Crippen molar-refractivity contribution in [3.8, 4) is 0 Å². The number of pyridine rings is 1. The van der Waals surface area contributed by atoms with Crippen LogP contribution in [0.15, 0.2) is 24.5 Å². The number of hydrogen-bond acceptors (Lipinski definition) is 3. The smallest absolute Gasteiger partial charge is 0.253 e. The maximum absolute atomic E-state index is 12.4. The summed E-state index contributed by atoms with van der Waals surface area (Å²) in [5.41, 5.74) is 2.53. The van der Waals surface area contributed by atoms with Gasteiger partial charge in [-0.15, -0.1) is 0 Å². The van der Waals surface area contributed by atoms with Crippen molar-refractivity contribution in [1.29, 1.82) is 0 Å². The van der Waals surface area contributed by atoms with Gasteiger partial charge in [0.25, 0.3) is 5.91 Å². The fraction of sp³-hybridized carbons (Fsp3) is 0.467. The molecule has 2 fully saturated rings. The zero-order valence-corrected chi connectivity index (χ0v) is 11.5. The third-order valence-corrected chi connectivity index (χ3v) is 4.45. The molecule has 5 heteroatoms. The summed E-state index contributed by atoms with van der Waals surface area (Å²) in [4.78, 5) is 16.7. The van der Waals surface area contributed by atoms with Crippen molar-refractivity contribution in [3.63, 3.8) is 0 Å². The number of fused-ring (bicyclic) bond motifs is 3. The van der Waals surface area contributed by atoms with Crippen LogP contribution in [0.25, 0.3) is 5.65 Å². The van der Waals surface area contributed by atoms with E-state index in [1.807, 2.05) is 35.9 Å². The first-order valence-electron chi connectivity index (χ1n) is 7.21. The molecule has 104 valence electrons. The zero-order valence-electron chi connectivity index (χ0n) is 11.5. The van der Waals surface area contributed by atoms with Crippen LogP contribution in [0.1, 0.15) is 35.3 Å². The van der Waals surface area contributed by atoms with Gasteiger partial charge in [0.1, 0.15) is 5.65 Å². The standard InChI is InChI=1S/C15H18N4O/c1-9-7-19-8-10(2-5-14(19)16-9)15(20)18-13-6-11-3-4-12(13)17-11/h2,5,7-8,11-13,17H,3-4,6H2,1H3,(H,18,20). The number of nitrogens with one attached hydrogen (secondary N) is 2. The fourth-order valence-corrected chi connectivity index (χ4v) is 3.49. The van der Waals surface area contributed by atoms with E-state index in [1.165, 1.54) is 12.8 Å². The molecule has 1 amide bonds. The van der Waals surface area contributed by atoms with Crippen molar-refractivity contribution in [2.24, 2.45) is 0 Å². The second-order valence-corrected chi connectivity index (χ2v) is 5.93. The summed E-state index contributed by atoms with van der Waals surface area (Å²) in [6, 6.07) is 5.08. The molecule has 2 N–H and O–H groups in total. The Morgan fingerprint density at radius 2 is 2.30 bits per heavy atom. The van der Waals surface area contributed by atoms with Gasteiger partial charge in [0, 0.05) is 30.5 Å². The Kier molecular flexibility index (Phi) is 2.57. The Morgan fingerprint density at radius 3 is 3.05 bits per heavy atom. The minimum atomic E-state index is 0.0117. The van der Waals surface area contributed by atoms with E-state index >= 15 is 0 Å². The molecular formula is C15H18N4O. The van der Waals surface area contributed by atoms with E-state index in [0.29, 0.717) is 17.6 Å². The largest absolute Gasteiger partial charge is 0.348 e. The number of imidazole rings is 1. The van der Waals surface area contributed by atoms with Gasteiger partial charge in [-0.05, 0) is 38.3 Å². The van der Waals surface area contributed by atoms with Crippen LogP contribution in [0, 0.1) is 6.92 Å². The van der Waals surface area contributed by atoms with Gasteiger partial charge in [-0.25, -0.2) is 4.98 Å². The van der Waals surface area contributed by atoms with Crippen molar-refractivity contribution < 1.29 is 4.79 Å². The highest BCUT2D eigenvalue weighted by Gasteiger charge is 2.39. The molecule has 2 aromatic rings. The molecule has 4 rings (SSSR count). The highest BCUT2D eigenvalue weighted by Crippen LogP contribution is 2.28. The average molecular weight is 270 g/mol. The molecule has 2 aliphatic rings. The molecule has 2 aliphatic heterocycles. The molecule has 0 saturated carbocycles. The first kappa shape index (κ1) is 11.9. The molecule has 2 aromatic heterocycles. The Labute approximate surface area is 117 Å². The molecule has 0 aromatic carbocycles. The van der Waals surface area contributed by atoms with Crippen LogP contribution in [0.3, 0.4) is 0 Å². The van der Waals surface area contributed by atoms with Gasteiger partial charge in [0.15, 0.2) is 0 Å². The Hall–Kier alpha value is -1.88. The van der Waals surface area contributed by atoms with Crippen LogP contribution >= 0.6 is 0 Å². The van der Waals surface area contributed by atoms with E-state index in [2.05, 4.69) is 15.6 Å². The molecule has 0 spiro atoms. The highest BCUT2D eigenvalue weighted by atomic mass is 16.1. The van der Waals surface area contributed by atoms with E-state index in [1.54, 1.807) is 0 Å². The molecule has 2 bridgehead atoms. The summed E-state index contributed by atoms with van der Waals surface area (Å²) in [5.74, 6) is 0.0117. The zero-order chi connectivity index (χ0) is 13.7. The molecular weight excluding hydrogens is 252 g/mol. The van der Waals surface area contributed by atoms with Crippen LogP contribution in [-0.2, 0) is 0 Å². The van der Waals surface area contributed by atoms with Crippen LogP contribution in [-0.4, -0.2) is 33.4 Å². The van der Waals surface area contributed by atoms with Gasteiger partial charge >= 0.3 is 0 Å². The molecule has 5 nitrogen and oxygen atoms in total. The fourth-order valence-electron chi connectivity index (χ4n) is 3.49. The van der Waals surface area contributed by atoms with E-state index in [9.17, 15) is 4.79 Å². The van der Waals surface area contributed by atoms with Gasteiger partial charge in [-0.3, -0.25) is 4.79 Å². The lowest BCUT2D eigenvalue weighted by atomic mass is 9.95. The van der Waals surface area contributed by atoms with Crippen LogP contribution in [0.5, 0.6) is 0 Å². The molecule has 3 atom stereocenters. The highest BCUT2D eigenvalue weighted by molar-refractivity contribution is 5.94. The summed E-state index contributed by atoms with van der Waals surface area (Å²) in [7, 11) is 0. The lowest BCUT2D eigenvalue weighted by Gasteiger charge is -2.21. The van der Waals surface area contributed by atoms with Crippen molar-refractivity contribution in [2.45, 2.75) is 44.3 Å². The lowest BCUT2D eigenvalue weighted by molar-refractivity contribution is 0.0930. The quantitative estimate of drug-likeness (QED) is 0.864. The minimum absolute atomic E-state index is 0.0117. The Bertz CT molecular complexity index is 678.